The number of aryl methyl sites for hydroxylation is 3. The second kappa shape index (κ2) is 7.39. The Kier molecular flexibility index (Phi) is 5.80. The fourth-order valence-corrected chi connectivity index (χ4v) is 3.92. The van der Waals surface area contributed by atoms with Crippen molar-refractivity contribution in [2.75, 3.05) is 33.4 Å². The molecule has 0 spiro atoms. The second-order valence-corrected chi connectivity index (χ2v) is 6.52. The fraction of sp³-hybridized carbons (Fsp3) is 0.667. The van der Waals surface area contributed by atoms with E-state index in [-0.39, 0.29) is 0 Å². The van der Waals surface area contributed by atoms with Gasteiger partial charge in [0.05, 0.1) is 6.61 Å². The lowest BCUT2D eigenvalue weighted by Crippen LogP contribution is -2.42. The van der Waals surface area contributed by atoms with E-state index in [9.17, 15) is 0 Å². The third-order valence-electron chi connectivity index (χ3n) is 4.69. The lowest BCUT2D eigenvalue weighted by molar-refractivity contribution is 0.0694. The van der Waals surface area contributed by atoms with Crippen molar-refractivity contribution in [3.05, 3.63) is 34.4 Å². The van der Waals surface area contributed by atoms with E-state index in [4.69, 9.17) is 10.5 Å². The number of piperidine rings is 1. The number of ether oxygens (including phenoxy) is 1. The average molecular weight is 290 g/mol. The summed E-state index contributed by atoms with van der Waals surface area (Å²) in [6, 6.07) is 4.90. The minimum absolute atomic E-state index is 0.338. The quantitative estimate of drug-likeness (QED) is 0.906. The largest absolute Gasteiger partial charge is 0.384 e. The minimum Gasteiger partial charge on any atom is -0.384 e. The molecule has 1 aliphatic heterocycles. The highest BCUT2D eigenvalue weighted by molar-refractivity contribution is 5.40. The Labute approximate surface area is 129 Å². The van der Waals surface area contributed by atoms with Gasteiger partial charge in [0.25, 0.3) is 0 Å². The average Bonchev–Trinajstić information content (AvgIpc) is 2.43. The zero-order valence-electron chi connectivity index (χ0n) is 14.0. The second-order valence-electron chi connectivity index (χ2n) is 6.52. The van der Waals surface area contributed by atoms with Crippen LogP contribution < -0.4 is 5.73 Å². The molecule has 0 saturated carbocycles. The van der Waals surface area contributed by atoms with Crippen LogP contribution >= 0.6 is 0 Å². The maximum atomic E-state index is 6.16. The molecule has 0 radical (unpaired) electrons. The van der Waals surface area contributed by atoms with Gasteiger partial charge < -0.3 is 10.5 Å². The molecule has 1 saturated heterocycles. The first-order valence-corrected chi connectivity index (χ1v) is 8.07. The molecule has 0 aromatic heterocycles. The van der Waals surface area contributed by atoms with Crippen LogP contribution in [0.4, 0.5) is 0 Å². The molecule has 1 aromatic rings. The Bertz CT molecular complexity index is 447. The number of hydrogen-bond donors (Lipinski definition) is 1. The molecular weight excluding hydrogens is 260 g/mol. The van der Waals surface area contributed by atoms with Gasteiger partial charge >= 0.3 is 0 Å². The third-order valence-corrected chi connectivity index (χ3v) is 4.69. The standard InChI is InChI=1S/C18H30N2O/c1-13-8-14(2)18(15(3)9-13)17(10-19)20-7-5-6-16(11-20)12-21-4/h8-9,16-17H,5-7,10-12,19H2,1-4H3. The molecule has 1 heterocycles. The first-order chi connectivity index (χ1) is 10.1. The van der Waals surface area contributed by atoms with Crippen molar-refractivity contribution in [2.24, 2.45) is 11.7 Å². The maximum Gasteiger partial charge on any atom is 0.0502 e. The van der Waals surface area contributed by atoms with Crippen molar-refractivity contribution in [3.8, 4) is 0 Å². The number of nitrogens with zero attached hydrogens (tertiary/aromatic N) is 1. The molecule has 118 valence electrons. The molecule has 0 bridgehead atoms. The molecule has 0 amide bonds. The monoisotopic (exact) mass is 290 g/mol. The van der Waals surface area contributed by atoms with Crippen LogP contribution in [0.1, 0.15) is 41.1 Å². The molecule has 3 heteroatoms. The van der Waals surface area contributed by atoms with Crippen molar-refractivity contribution in [2.45, 2.75) is 39.7 Å². The number of methoxy groups -OCH3 is 1. The number of hydrogen-bond acceptors (Lipinski definition) is 3. The number of rotatable bonds is 5. The molecule has 2 unspecified atom stereocenters. The van der Waals surface area contributed by atoms with Gasteiger partial charge in [0.15, 0.2) is 0 Å². The molecule has 2 rings (SSSR count). The van der Waals surface area contributed by atoms with E-state index < -0.39 is 0 Å². The summed E-state index contributed by atoms with van der Waals surface area (Å²) in [6.07, 6.45) is 2.52. The van der Waals surface area contributed by atoms with Crippen LogP contribution in [0.15, 0.2) is 12.1 Å². The van der Waals surface area contributed by atoms with Crippen molar-refractivity contribution in [1.82, 2.24) is 4.90 Å². The van der Waals surface area contributed by atoms with E-state index in [1.807, 2.05) is 0 Å². The number of nitrogens with two attached hydrogens (primary N) is 1. The Morgan fingerprint density at radius 2 is 1.95 bits per heavy atom. The molecular formula is C18H30N2O. The Balaban J connectivity index is 2.23. The molecule has 21 heavy (non-hydrogen) atoms. The van der Waals surface area contributed by atoms with Crippen molar-refractivity contribution < 1.29 is 4.74 Å². The summed E-state index contributed by atoms with van der Waals surface area (Å²) in [6.45, 7) is 10.4. The van der Waals surface area contributed by atoms with E-state index in [1.165, 1.54) is 35.1 Å². The Hall–Kier alpha value is -0.900. The summed E-state index contributed by atoms with van der Waals surface area (Å²) in [5.41, 5.74) is 11.7. The summed E-state index contributed by atoms with van der Waals surface area (Å²) < 4.78 is 5.35. The predicted molar refractivity (Wildman–Crippen MR) is 88.6 cm³/mol. The first-order valence-electron chi connectivity index (χ1n) is 8.07. The van der Waals surface area contributed by atoms with Crippen LogP contribution in [0.3, 0.4) is 0 Å². The normalized spacial score (nSPS) is 21.5. The van der Waals surface area contributed by atoms with Crippen LogP contribution in [0.25, 0.3) is 0 Å². The Morgan fingerprint density at radius 3 is 2.52 bits per heavy atom. The molecule has 2 N–H and O–H groups in total. The van der Waals surface area contributed by atoms with Gasteiger partial charge in [0, 0.05) is 26.2 Å². The topological polar surface area (TPSA) is 38.5 Å². The number of likely N-dealkylation sites (tertiary alicyclic amines) is 1. The van der Waals surface area contributed by atoms with Crippen LogP contribution in [0.5, 0.6) is 0 Å². The van der Waals surface area contributed by atoms with Crippen LogP contribution in [-0.2, 0) is 4.74 Å². The van der Waals surface area contributed by atoms with Gasteiger partial charge in [-0.1, -0.05) is 17.7 Å². The van der Waals surface area contributed by atoms with Gasteiger partial charge in [-0.3, -0.25) is 4.90 Å². The maximum absolute atomic E-state index is 6.16. The van der Waals surface area contributed by atoms with Crippen molar-refractivity contribution in [1.29, 1.82) is 0 Å². The highest BCUT2D eigenvalue weighted by atomic mass is 16.5. The summed E-state index contributed by atoms with van der Waals surface area (Å²) in [7, 11) is 1.80. The highest BCUT2D eigenvalue weighted by Crippen LogP contribution is 2.31. The van der Waals surface area contributed by atoms with Crippen LogP contribution in [-0.4, -0.2) is 38.3 Å². The summed E-state index contributed by atoms with van der Waals surface area (Å²) >= 11 is 0. The van der Waals surface area contributed by atoms with E-state index in [0.717, 1.165) is 19.7 Å². The van der Waals surface area contributed by atoms with Gasteiger partial charge in [-0.05, 0) is 62.8 Å². The van der Waals surface area contributed by atoms with Gasteiger partial charge in [0.2, 0.25) is 0 Å². The van der Waals surface area contributed by atoms with Crippen molar-refractivity contribution >= 4 is 0 Å². The van der Waals surface area contributed by atoms with E-state index in [1.54, 1.807) is 7.11 Å². The zero-order chi connectivity index (χ0) is 15.4. The molecule has 1 aromatic carbocycles. The van der Waals surface area contributed by atoms with Gasteiger partial charge in [-0.25, -0.2) is 0 Å². The molecule has 3 nitrogen and oxygen atoms in total. The molecule has 2 atom stereocenters. The predicted octanol–water partition coefficient (Wildman–Crippen LogP) is 2.97. The highest BCUT2D eigenvalue weighted by Gasteiger charge is 2.27. The smallest absolute Gasteiger partial charge is 0.0502 e. The van der Waals surface area contributed by atoms with E-state index in [0.29, 0.717) is 18.5 Å². The van der Waals surface area contributed by atoms with E-state index in [2.05, 4.69) is 37.8 Å². The minimum atomic E-state index is 0.338. The van der Waals surface area contributed by atoms with E-state index >= 15 is 0 Å². The molecule has 1 fully saturated rings. The Morgan fingerprint density at radius 1 is 1.29 bits per heavy atom. The van der Waals surface area contributed by atoms with Gasteiger partial charge in [-0.15, -0.1) is 0 Å². The third kappa shape index (κ3) is 3.85. The summed E-state index contributed by atoms with van der Waals surface area (Å²) in [5.74, 6) is 0.642. The first kappa shape index (κ1) is 16.5. The SMILES string of the molecule is COCC1CCCN(C(CN)c2c(C)cc(C)cc2C)C1. The number of benzene rings is 1. The van der Waals surface area contributed by atoms with Crippen molar-refractivity contribution in [3.63, 3.8) is 0 Å². The van der Waals surface area contributed by atoms with Crippen LogP contribution in [0, 0.1) is 26.7 Å². The van der Waals surface area contributed by atoms with Crippen LogP contribution in [0.2, 0.25) is 0 Å². The fourth-order valence-electron chi connectivity index (χ4n) is 3.92. The van der Waals surface area contributed by atoms with Gasteiger partial charge in [-0.2, -0.15) is 0 Å². The molecule has 1 aliphatic rings. The summed E-state index contributed by atoms with van der Waals surface area (Å²) in [4.78, 5) is 2.57. The zero-order valence-corrected chi connectivity index (χ0v) is 14.0. The lowest BCUT2D eigenvalue weighted by atomic mass is 9.90. The van der Waals surface area contributed by atoms with Gasteiger partial charge in [0.1, 0.15) is 0 Å². The lowest BCUT2D eigenvalue weighted by Gasteiger charge is -2.39. The molecule has 0 aliphatic carbocycles. The summed E-state index contributed by atoms with van der Waals surface area (Å²) in [5, 5.41) is 0.